The highest BCUT2D eigenvalue weighted by Crippen LogP contribution is 2.42. The average Bonchev–Trinajstić information content (AvgIpc) is 1.61. The fourth-order valence-corrected chi connectivity index (χ4v) is 0.725. The zero-order chi connectivity index (χ0) is 8.41. The molecule has 0 radical (unpaired) electrons. The van der Waals surface area contributed by atoms with E-state index in [1.165, 1.54) is 6.92 Å². The van der Waals surface area contributed by atoms with E-state index in [4.69, 9.17) is 0 Å². The van der Waals surface area contributed by atoms with Crippen LogP contribution in [0, 0.1) is 0 Å². The lowest BCUT2D eigenvalue weighted by Gasteiger charge is -2.20. The smallest absolute Gasteiger partial charge is 0.199 e. The number of alkyl halides is 5. The molecule has 0 aliphatic rings. The summed E-state index contributed by atoms with van der Waals surface area (Å²) >= 11 is 0.459. The first-order chi connectivity index (χ1) is 4.31. The number of hydrogen-bond donors (Lipinski definition) is 0. The highest BCUT2D eigenvalue weighted by Gasteiger charge is 2.52. The summed E-state index contributed by atoms with van der Waals surface area (Å²) in [7, 11) is 0. The molecule has 0 N–H and O–H groups in total. The monoisotopic (exact) mass is 270 g/mol. The summed E-state index contributed by atoms with van der Waals surface area (Å²) in [5.74, 6) is -3.86. The molecule has 0 rings (SSSR count). The Hall–Kier alpha value is 0.450. The summed E-state index contributed by atoms with van der Waals surface area (Å²) in [5, 5.41) is 0. The van der Waals surface area contributed by atoms with Crippen LogP contribution in [-0.4, -0.2) is 9.85 Å². The van der Waals surface area contributed by atoms with Crippen molar-refractivity contribution in [2.24, 2.45) is 0 Å². The Bertz CT molecular complexity index is 107. The molecule has 0 nitrogen and oxygen atoms in total. The van der Waals surface area contributed by atoms with Gasteiger partial charge in [-0.3, -0.25) is 0 Å². The maximum Gasteiger partial charge on any atom is 0.358 e. The van der Waals surface area contributed by atoms with Crippen LogP contribution in [0.15, 0.2) is 0 Å². The molecule has 0 heterocycles. The van der Waals surface area contributed by atoms with Gasteiger partial charge in [-0.25, -0.2) is 0 Å². The quantitative estimate of drug-likeness (QED) is 0.418. The second kappa shape index (κ2) is 3.23. The van der Waals surface area contributed by atoms with E-state index in [1.54, 1.807) is 0 Å². The van der Waals surface area contributed by atoms with E-state index < -0.39 is 16.3 Å². The molecule has 5 heteroatoms. The van der Waals surface area contributed by atoms with Gasteiger partial charge in [-0.2, -0.15) is 17.6 Å². The number of halogens is 5. The third kappa shape index (κ3) is 2.59. The molecule has 0 aromatic carbocycles. The van der Waals surface area contributed by atoms with Crippen LogP contribution < -0.4 is 0 Å². The van der Waals surface area contributed by atoms with Gasteiger partial charge in [0.2, 0.25) is 0 Å². The lowest BCUT2D eigenvalue weighted by atomic mass is 10.2. The highest BCUT2D eigenvalue weighted by molar-refractivity contribution is 14.1. The summed E-state index contributed by atoms with van der Waals surface area (Å²) in [6, 6.07) is 0. The fraction of sp³-hybridized carbons (Fsp3) is 1.00. The Labute approximate surface area is 70.1 Å². The topological polar surface area (TPSA) is 0 Å². The third-order valence-electron chi connectivity index (χ3n) is 0.979. The van der Waals surface area contributed by atoms with Crippen molar-refractivity contribution in [3.05, 3.63) is 0 Å². The molecule has 0 atom stereocenters. The molecule has 0 spiro atoms. The molecular weight excluding hydrogens is 263 g/mol. The maximum absolute atomic E-state index is 12.2. The lowest BCUT2D eigenvalue weighted by molar-refractivity contribution is -0.144. The molecule has 0 aliphatic carbocycles. The minimum atomic E-state index is -3.92. The highest BCUT2D eigenvalue weighted by atomic mass is 127. The minimum Gasteiger partial charge on any atom is -0.199 e. The van der Waals surface area contributed by atoms with Crippen molar-refractivity contribution in [3.8, 4) is 0 Å². The fourth-order valence-electron chi connectivity index (χ4n) is 0.456. The molecule has 0 aliphatic heterocycles. The van der Waals surface area contributed by atoms with Crippen molar-refractivity contribution in [2.45, 2.75) is 29.6 Å². The first-order valence-electron chi connectivity index (χ1n) is 2.76. The molecule has 0 saturated carbocycles. The van der Waals surface area contributed by atoms with E-state index in [2.05, 4.69) is 0 Å². The van der Waals surface area contributed by atoms with E-state index in [1.807, 2.05) is 0 Å². The van der Waals surface area contributed by atoms with Crippen LogP contribution in [0.25, 0.3) is 0 Å². The Morgan fingerprint density at radius 1 is 1.20 bits per heavy atom. The average molecular weight is 270 g/mol. The SMILES string of the molecule is CCCC(F)(F)C(F)(F)I. The standard InChI is InChI=1S/C5H7F4I/c1-2-3-4(6,7)5(8,9)10/h2-3H2,1H3. The molecule has 0 aromatic heterocycles. The van der Waals surface area contributed by atoms with E-state index in [9.17, 15) is 17.6 Å². The lowest BCUT2D eigenvalue weighted by Crippen LogP contribution is -2.34. The first kappa shape index (κ1) is 10.4. The largest absolute Gasteiger partial charge is 0.358 e. The van der Waals surface area contributed by atoms with E-state index in [0.717, 1.165) is 0 Å². The van der Waals surface area contributed by atoms with Gasteiger partial charge >= 0.3 is 9.85 Å². The van der Waals surface area contributed by atoms with Gasteiger partial charge in [0.25, 0.3) is 0 Å². The van der Waals surface area contributed by atoms with Crippen LogP contribution >= 0.6 is 22.6 Å². The molecule has 0 fully saturated rings. The van der Waals surface area contributed by atoms with Crippen molar-refractivity contribution < 1.29 is 17.6 Å². The number of hydrogen-bond acceptors (Lipinski definition) is 0. The molecule has 0 amide bonds. The predicted octanol–water partition coefficient (Wildman–Crippen LogP) is 3.45. The Kier molecular flexibility index (Phi) is 3.38. The van der Waals surface area contributed by atoms with Gasteiger partial charge in [-0.15, -0.1) is 0 Å². The molecular formula is C5H7F4I. The van der Waals surface area contributed by atoms with Gasteiger partial charge in [0.15, 0.2) is 0 Å². The first-order valence-corrected chi connectivity index (χ1v) is 3.83. The van der Waals surface area contributed by atoms with Crippen molar-refractivity contribution in [1.29, 1.82) is 0 Å². The molecule has 10 heavy (non-hydrogen) atoms. The van der Waals surface area contributed by atoms with Gasteiger partial charge < -0.3 is 0 Å². The molecule has 0 saturated heterocycles. The summed E-state index contributed by atoms with van der Waals surface area (Å²) < 4.78 is 44.3. The Morgan fingerprint density at radius 2 is 1.60 bits per heavy atom. The van der Waals surface area contributed by atoms with Crippen LogP contribution in [0.5, 0.6) is 0 Å². The van der Waals surface area contributed by atoms with Crippen LogP contribution in [0.2, 0.25) is 0 Å². The summed E-state index contributed by atoms with van der Waals surface area (Å²) in [6.07, 6.45) is -0.700. The summed E-state index contributed by atoms with van der Waals surface area (Å²) in [4.78, 5) is 0. The van der Waals surface area contributed by atoms with Crippen molar-refractivity contribution >= 4 is 22.6 Å². The van der Waals surface area contributed by atoms with E-state index in [0.29, 0.717) is 22.6 Å². The second-order valence-corrected chi connectivity index (χ2v) is 3.31. The zero-order valence-corrected chi connectivity index (χ0v) is 7.46. The van der Waals surface area contributed by atoms with Crippen LogP contribution in [0.4, 0.5) is 17.6 Å². The van der Waals surface area contributed by atoms with Crippen LogP contribution in [0.3, 0.4) is 0 Å². The van der Waals surface area contributed by atoms with Crippen molar-refractivity contribution in [3.63, 3.8) is 0 Å². The second-order valence-electron chi connectivity index (χ2n) is 1.95. The maximum atomic E-state index is 12.2. The van der Waals surface area contributed by atoms with Gasteiger partial charge in [-0.1, -0.05) is 13.3 Å². The van der Waals surface area contributed by atoms with E-state index >= 15 is 0 Å². The predicted molar refractivity (Wildman–Crippen MR) is 38.8 cm³/mol. The molecule has 0 unspecified atom stereocenters. The van der Waals surface area contributed by atoms with E-state index in [-0.39, 0.29) is 6.42 Å². The summed E-state index contributed by atoms with van der Waals surface area (Å²) in [6.45, 7) is 1.44. The van der Waals surface area contributed by atoms with Gasteiger partial charge in [0.1, 0.15) is 0 Å². The van der Waals surface area contributed by atoms with Gasteiger partial charge in [0, 0.05) is 29.0 Å². The Morgan fingerprint density at radius 3 is 1.70 bits per heavy atom. The van der Waals surface area contributed by atoms with Gasteiger partial charge in [0.05, 0.1) is 0 Å². The molecule has 0 aromatic rings. The van der Waals surface area contributed by atoms with Gasteiger partial charge in [-0.05, 0) is 0 Å². The van der Waals surface area contributed by atoms with Crippen LogP contribution in [0.1, 0.15) is 19.8 Å². The zero-order valence-electron chi connectivity index (χ0n) is 5.30. The van der Waals surface area contributed by atoms with Crippen LogP contribution in [-0.2, 0) is 0 Å². The summed E-state index contributed by atoms with van der Waals surface area (Å²) in [5.41, 5.74) is 0. The van der Waals surface area contributed by atoms with Crippen molar-refractivity contribution in [2.75, 3.05) is 0 Å². The normalized spacial score (nSPS) is 13.8. The molecule has 62 valence electrons. The third-order valence-corrected chi connectivity index (χ3v) is 1.77. The minimum absolute atomic E-state index is 0.0611. The molecule has 0 bridgehead atoms. The Balaban J connectivity index is 4.10. The van der Waals surface area contributed by atoms with Crippen molar-refractivity contribution in [1.82, 2.24) is 0 Å². The number of rotatable bonds is 3.